The summed E-state index contributed by atoms with van der Waals surface area (Å²) >= 11 is 1.64. The van der Waals surface area contributed by atoms with Crippen molar-refractivity contribution in [2.75, 3.05) is 13.2 Å². The number of thiazole rings is 1. The summed E-state index contributed by atoms with van der Waals surface area (Å²) in [6.07, 6.45) is 9.89. The van der Waals surface area contributed by atoms with Gasteiger partial charge in [0.1, 0.15) is 5.76 Å². The van der Waals surface area contributed by atoms with E-state index < -0.39 is 0 Å². The molecule has 1 aromatic rings. The van der Waals surface area contributed by atoms with Crippen molar-refractivity contribution in [3.05, 3.63) is 40.7 Å². The van der Waals surface area contributed by atoms with Crippen LogP contribution in [0.25, 0.3) is 0 Å². The zero-order valence-corrected chi connectivity index (χ0v) is 11.7. The van der Waals surface area contributed by atoms with Crippen molar-refractivity contribution in [2.24, 2.45) is 0 Å². The van der Waals surface area contributed by atoms with Crippen LogP contribution in [0, 0.1) is 0 Å². The molecule has 0 atom stereocenters. The van der Waals surface area contributed by atoms with Crippen LogP contribution in [0.1, 0.15) is 31.9 Å². The highest BCUT2D eigenvalue weighted by atomic mass is 32.1. The summed E-state index contributed by atoms with van der Waals surface area (Å²) in [7, 11) is 0. The van der Waals surface area contributed by atoms with Crippen LogP contribution in [0.2, 0.25) is 0 Å². The van der Waals surface area contributed by atoms with E-state index >= 15 is 0 Å². The molecule has 98 valence electrons. The van der Waals surface area contributed by atoms with E-state index in [9.17, 15) is 0 Å². The predicted octanol–water partition coefficient (Wildman–Crippen LogP) is 3.56. The molecule has 2 heterocycles. The van der Waals surface area contributed by atoms with Gasteiger partial charge in [-0.15, -0.1) is 11.3 Å². The lowest BCUT2D eigenvalue weighted by Crippen LogP contribution is -2.20. The van der Waals surface area contributed by atoms with E-state index in [2.05, 4.69) is 34.5 Å². The Balaban J connectivity index is 1.70. The van der Waals surface area contributed by atoms with Crippen molar-refractivity contribution in [3.8, 4) is 0 Å². The minimum Gasteiger partial charge on any atom is -0.494 e. The second-order valence-electron chi connectivity index (χ2n) is 4.39. The number of hydrogen-bond acceptors (Lipinski definition) is 4. The Morgan fingerprint density at radius 2 is 2.39 bits per heavy atom. The fraction of sp³-hybridized carbons (Fsp3) is 0.500. The van der Waals surface area contributed by atoms with Crippen molar-refractivity contribution >= 4 is 11.3 Å². The molecule has 0 fully saturated rings. The van der Waals surface area contributed by atoms with Crippen LogP contribution >= 0.6 is 11.3 Å². The van der Waals surface area contributed by atoms with Crippen LogP contribution in [-0.2, 0) is 11.3 Å². The normalized spacial score (nSPS) is 14.7. The molecule has 0 saturated carbocycles. The lowest BCUT2D eigenvalue weighted by molar-refractivity contribution is 0.211. The van der Waals surface area contributed by atoms with Crippen molar-refractivity contribution < 1.29 is 4.74 Å². The SMILES string of the molecule is CCCCCOC1=CCN(Cc2cscn2)C=C1. The van der Waals surface area contributed by atoms with Gasteiger partial charge in [0.05, 0.1) is 24.4 Å². The summed E-state index contributed by atoms with van der Waals surface area (Å²) in [6, 6.07) is 0. The van der Waals surface area contributed by atoms with E-state index in [1.54, 1.807) is 11.3 Å². The van der Waals surface area contributed by atoms with Gasteiger partial charge in [0.15, 0.2) is 0 Å². The Morgan fingerprint density at radius 3 is 3.06 bits per heavy atom. The molecular weight excluding hydrogens is 244 g/mol. The maximum absolute atomic E-state index is 5.70. The number of rotatable bonds is 7. The molecule has 1 aliphatic rings. The van der Waals surface area contributed by atoms with Crippen LogP contribution in [-0.4, -0.2) is 23.0 Å². The predicted molar refractivity (Wildman–Crippen MR) is 75.2 cm³/mol. The van der Waals surface area contributed by atoms with Crippen molar-refractivity contribution in [3.63, 3.8) is 0 Å². The van der Waals surface area contributed by atoms with E-state index in [-0.39, 0.29) is 0 Å². The van der Waals surface area contributed by atoms with Crippen LogP contribution in [0.15, 0.2) is 35.0 Å². The molecule has 2 rings (SSSR count). The van der Waals surface area contributed by atoms with Crippen molar-refractivity contribution in [1.82, 2.24) is 9.88 Å². The van der Waals surface area contributed by atoms with E-state index in [1.807, 2.05) is 11.6 Å². The molecule has 0 aromatic carbocycles. The van der Waals surface area contributed by atoms with E-state index in [0.29, 0.717) is 0 Å². The van der Waals surface area contributed by atoms with Gasteiger partial charge in [-0.2, -0.15) is 0 Å². The molecule has 1 aromatic heterocycles. The van der Waals surface area contributed by atoms with Gasteiger partial charge < -0.3 is 9.64 Å². The molecule has 0 amide bonds. The fourth-order valence-electron chi connectivity index (χ4n) is 1.81. The van der Waals surface area contributed by atoms with Crippen LogP contribution in [0.3, 0.4) is 0 Å². The minimum atomic E-state index is 0.829. The van der Waals surface area contributed by atoms with Gasteiger partial charge in [-0.3, -0.25) is 0 Å². The molecule has 18 heavy (non-hydrogen) atoms. The third-order valence-electron chi connectivity index (χ3n) is 2.84. The summed E-state index contributed by atoms with van der Waals surface area (Å²) in [5, 5.41) is 2.09. The number of nitrogens with zero attached hydrogens (tertiary/aromatic N) is 2. The molecule has 0 saturated heterocycles. The van der Waals surface area contributed by atoms with Gasteiger partial charge in [0.2, 0.25) is 0 Å². The number of ether oxygens (including phenoxy) is 1. The second-order valence-corrected chi connectivity index (χ2v) is 5.11. The Kier molecular flexibility index (Phi) is 5.27. The largest absolute Gasteiger partial charge is 0.494 e. The van der Waals surface area contributed by atoms with Gasteiger partial charge in [0.25, 0.3) is 0 Å². The second kappa shape index (κ2) is 7.21. The molecule has 0 spiro atoms. The number of aromatic nitrogens is 1. The molecule has 0 unspecified atom stereocenters. The lowest BCUT2D eigenvalue weighted by Gasteiger charge is -2.21. The Labute approximate surface area is 113 Å². The number of hydrogen-bond donors (Lipinski definition) is 0. The van der Waals surface area contributed by atoms with Gasteiger partial charge in [-0.25, -0.2) is 4.98 Å². The number of unbranched alkanes of at least 4 members (excludes halogenated alkanes) is 2. The van der Waals surface area contributed by atoms with Crippen LogP contribution in [0.4, 0.5) is 0 Å². The van der Waals surface area contributed by atoms with Crippen LogP contribution in [0.5, 0.6) is 0 Å². The molecule has 0 bridgehead atoms. The molecule has 3 nitrogen and oxygen atoms in total. The van der Waals surface area contributed by atoms with Crippen LogP contribution < -0.4 is 0 Å². The van der Waals surface area contributed by atoms with Gasteiger partial charge in [-0.05, 0) is 18.6 Å². The summed E-state index contributed by atoms with van der Waals surface area (Å²) in [5.74, 6) is 1.00. The zero-order valence-electron chi connectivity index (χ0n) is 10.8. The van der Waals surface area contributed by atoms with E-state index in [0.717, 1.165) is 37.6 Å². The minimum absolute atomic E-state index is 0.829. The quantitative estimate of drug-likeness (QED) is 0.704. The fourth-order valence-corrected chi connectivity index (χ4v) is 2.35. The molecule has 0 N–H and O–H groups in total. The monoisotopic (exact) mass is 264 g/mol. The molecular formula is C14H20N2OS. The highest BCUT2D eigenvalue weighted by Gasteiger charge is 2.07. The van der Waals surface area contributed by atoms with Gasteiger partial charge in [-0.1, -0.05) is 19.8 Å². The molecule has 4 heteroatoms. The summed E-state index contributed by atoms with van der Waals surface area (Å²) in [6.45, 7) is 4.81. The standard InChI is InChI=1S/C14H20N2OS/c1-2-3-4-9-17-14-5-7-16(8-6-14)10-13-11-18-12-15-13/h5-7,11-12H,2-4,8-10H2,1H3. The van der Waals surface area contributed by atoms with Crippen molar-refractivity contribution in [2.45, 2.75) is 32.7 Å². The first kappa shape index (κ1) is 13.1. The average molecular weight is 264 g/mol. The third-order valence-corrected chi connectivity index (χ3v) is 3.48. The maximum atomic E-state index is 5.70. The molecule has 1 aliphatic heterocycles. The third kappa shape index (κ3) is 4.18. The molecule has 0 radical (unpaired) electrons. The van der Waals surface area contributed by atoms with E-state index in [1.165, 1.54) is 12.8 Å². The summed E-state index contributed by atoms with van der Waals surface area (Å²) < 4.78 is 5.70. The topological polar surface area (TPSA) is 25.4 Å². The van der Waals surface area contributed by atoms with Gasteiger partial charge >= 0.3 is 0 Å². The highest BCUT2D eigenvalue weighted by Crippen LogP contribution is 2.13. The Hall–Kier alpha value is -1.29. The Bertz CT molecular complexity index is 398. The van der Waals surface area contributed by atoms with E-state index in [4.69, 9.17) is 4.74 Å². The first-order valence-corrected chi connectivity index (χ1v) is 7.45. The average Bonchev–Trinajstić information content (AvgIpc) is 2.89. The summed E-state index contributed by atoms with van der Waals surface area (Å²) in [4.78, 5) is 6.52. The summed E-state index contributed by atoms with van der Waals surface area (Å²) in [5.41, 5.74) is 3.01. The zero-order chi connectivity index (χ0) is 12.6. The van der Waals surface area contributed by atoms with Crippen molar-refractivity contribution in [1.29, 1.82) is 0 Å². The smallest absolute Gasteiger partial charge is 0.118 e. The maximum Gasteiger partial charge on any atom is 0.118 e. The Morgan fingerprint density at radius 1 is 1.44 bits per heavy atom. The lowest BCUT2D eigenvalue weighted by atomic mass is 10.2. The first-order valence-electron chi connectivity index (χ1n) is 6.50. The molecule has 0 aliphatic carbocycles. The first-order chi connectivity index (χ1) is 8.88. The highest BCUT2D eigenvalue weighted by molar-refractivity contribution is 7.07. The van der Waals surface area contributed by atoms with Gasteiger partial charge in [0, 0.05) is 18.1 Å². The number of allylic oxidation sites excluding steroid dienone is 1.